The summed E-state index contributed by atoms with van der Waals surface area (Å²) in [4.78, 5) is 15.8. The molecule has 1 atom stereocenters. The Morgan fingerprint density at radius 1 is 1.27 bits per heavy atom. The van der Waals surface area contributed by atoms with Crippen LogP contribution in [0, 0.1) is 6.92 Å². The van der Waals surface area contributed by atoms with Gasteiger partial charge in [-0.05, 0) is 31.4 Å². The maximum Gasteiger partial charge on any atom is 0.221 e. The van der Waals surface area contributed by atoms with Crippen LogP contribution in [0.25, 0.3) is 10.8 Å². The van der Waals surface area contributed by atoms with Crippen molar-refractivity contribution >= 4 is 34.1 Å². The van der Waals surface area contributed by atoms with E-state index in [1.165, 1.54) is 0 Å². The van der Waals surface area contributed by atoms with E-state index in [2.05, 4.69) is 39.2 Å². The Kier molecular flexibility index (Phi) is 6.32. The Morgan fingerprint density at radius 2 is 2.07 bits per heavy atom. The molecule has 3 aromatic rings. The number of hydrogen-bond acceptors (Lipinski definition) is 7. The number of nitrogens with one attached hydrogen (secondary N) is 1. The van der Waals surface area contributed by atoms with Crippen LogP contribution in [0.5, 0.6) is 0 Å². The summed E-state index contributed by atoms with van der Waals surface area (Å²) in [6, 6.07) is 8.04. The number of halogens is 1. The number of rotatable bonds is 6. The first-order valence-electron chi connectivity index (χ1n) is 10.2. The smallest absolute Gasteiger partial charge is 0.221 e. The molecule has 0 saturated carbocycles. The fraction of sp³-hybridized carbons (Fsp3) is 0.409. The van der Waals surface area contributed by atoms with Gasteiger partial charge in [0.25, 0.3) is 0 Å². The summed E-state index contributed by atoms with van der Waals surface area (Å²) >= 11 is 6.56. The average Bonchev–Trinajstić information content (AvgIpc) is 2.75. The molecule has 1 saturated heterocycles. The molecule has 0 bridgehead atoms. The van der Waals surface area contributed by atoms with Gasteiger partial charge in [0.15, 0.2) is 0 Å². The second-order valence-corrected chi connectivity index (χ2v) is 8.07. The van der Waals surface area contributed by atoms with Crippen LogP contribution in [-0.4, -0.2) is 52.7 Å². The molecule has 8 heteroatoms. The van der Waals surface area contributed by atoms with E-state index in [0.717, 1.165) is 77.8 Å². The topological polar surface area (TPSA) is 89.2 Å². The monoisotopic (exact) mass is 426 g/mol. The molecule has 1 aliphatic rings. The molecule has 0 spiro atoms. The fourth-order valence-electron chi connectivity index (χ4n) is 3.74. The van der Waals surface area contributed by atoms with Gasteiger partial charge in [-0.15, -0.1) is 0 Å². The zero-order chi connectivity index (χ0) is 21.1. The van der Waals surface area contributed by atoms with E-state index in [1.807, 2.05) is 19.1 Å². The van der Waals surface area contributed by atoms with E-state index in [9.17, 15) is 0 Å². The predicted molar refractivity (Wildman–Crippen MR) is 121 cm³/mol. The number of anilines is 2. The number of aryl methyl sites for hydroxylation is 1. The molecule has 3 N–H and O–H groups in total. The number of aromatic nitrogens is 3. The molecule has 0 radical (unpaired) electrons. The van der Waals surface area contributed by atoms with Crippen molar-refractivity contribution in [3.05, 3.63) is 52.4 Å². The van der Waals surface area contributed by atoms with Crippen molar-refractivity contribution in [2.75, 3.05) is 43.9 Å². The van der Waals surface area contributed by atoms with Crippen LogP contribution >= 0.6 is 11.6 Å². The number of benzene rings is 1. The SMILES string of the molecule is Cc1cnc(N)nc1N[C@@H](C)c1cc2cccc(Cl)c2c(CCN2CCOCC2)n1. The molecular weight excluding hydrogens is 400 g/mol. The second kappa shape index (κ2) is 9.12. The third-order valence-electron chi connectivity index (χ3n) is 5.46. The molecule has 30 heavy (non-hydrogen) atoms. The fourth-order valence-corrected chi connectivity index (χ4v) is 4.03. The number of fused-ring (bicyclic) bond motifs is 1. The Morgan fingerprint density at radius 3 is 2.87 bits per heavy atom. The van der Waals surface area contributed by atoms with Gasteiger partial charge in [0.2, 0.25) is 5.95 Å². The summed E-state index contributed by atoms with van der Waals surface area (Å²) in [6.07, 6.45) is 2.55. The highest BCUT2D eigenvalue weighted by atomic mass is 35.5. The number of nitrogens with zero attached hydrogens (tertiary/aromatic N) is 4. The standard InChI is InChI=1S/C22H27ClN6O/c1-14-13-25-22(24)28-21(14)26-15(2)19-12-16-4-3-5-17(23)20(16)18(27-19)6-7-29-8-10-30-11-9-29/h3-5,12-13,15H,6-11H2,1-2H3,(H3,24,25,26,28)/t15-/m0/s1. The summed E-state index contributed by atoms with van der Waals surface area (Å²) in [5.41, 5.74) is 8.66. The Balaban J connectivity index is 1.63. The van der Waals surface area contributed by atoms with Crippen LogP contribution in [0.15, 0.2) is 30.5 Å². The lowest BCUT2D eigenvalue weighted by molar-refractivity contribution is 0.0384. The molecule has 158 valence electrons. The average molecular weight is 427 g/mol. The van der Waals surface area contributed by atoms with E-state index >= 15 is 0 Å². The van der Waals surface area contributed by atoms with Gasteiger partial charge in [-0.1, -0.05) is 23.7 Å². The van der Waals surface area contributed by atoms with Gasteiger partial charge >= 0.3 is 0 Å². The number of morpholine rings is 1. The van der Waals surface area contributed by atoms with Crippen molar-refractivity contribution in [3.8, 4) is 0 Å². The van der Waals surface area contributed by atoms with Crippen molar-refractivity contribution in [1.29, 1.82) is 0 Å². The third kappa shape index (κ3) is 4.64. The summed E-state index contributed by atoms with van der Waals surface area (Å²) in [7, 11) is 0. The van der Waals surface area contributed by atoms with Gasteiger partial charge in [-0.2, -0.15) is 4.98 Å². The van der Waals surface area contributed by atoms with E-state index in [1.54, 1.807) is 6.20 Å². The predicted octanol–water partition coefficient (Wildman–Crippen LogP) is 3.62. The van der Waals surface area contributed by atoms with Crippen LogP contribution in [-0.2, 0) is 11.2 Å². The molecule has 4 rings (SSSR count). The summed E-state index contributed by atoms with van der Waals surface area (Å²) in [6.45, 7) is 8.45. The molecule has 7 nitrogen and oxygen atoms in total. The minimum atomic E-state index is -0.0523. The first-order chi connectivity index (χ1) is 14.5. The zero-order valence-corrected chi connectivity index (χ0v) is 18.1. The van der Waals surface area contributed by atoms with E-state index in [4.69, 9.17) is 27.1 Å². The summed E-state index contributed by atoms with van der Waals surface area (Å²) < 4.78 is 5.46. The first-order valence-corrected chi connectivity index (χ1v) is 10.6. The molecule has 2 aromatic heterocycles. The van der Waals surface area contributed by atoms with Crippen LogP contribution in [0.1, 0.15) is 29.9 Å². The molecule has 1 aliphatic heterocycles. The van der Waals surface area contributed by atoms with Crippen LogP contribution in [0.2, 0.25) is 5.02 Å². The van der Waals surface area contributed by atoms with Gasteiger partial charge in [0.05, 0.1) is 35.7 Å². The molecule has 3 heterocycles. The van der Waals surface area contributed by atoms with Crippen molar-refractivity contribution in [2.24, 2.45) is 0 Å². The van der Waals surface area contributed by atoms with E-state index < -0.39 is 0 Å². The van der Waals surface area contributed by atoms with Gasteiger partial charge in [-0.25, -0.2) is 4.98 Å². The number of nitrogens with two attached hydrogens (primary N) is 1. The van der Waals surface area contributed by atoms with Crippen LogP contribution < -0.4 is 11.1 Å². The highest BCUT2D eigenvalue weighted by molar-refractivity contribution is 6.35. The van der Waals surface area contributed by atoms with E-state index in [0.29, 0.717) is 0 Å². The maximum atomic E-state index is 6.56. The van der Waals surface area contributed by atoms with Crippen molar-refractivity contribution in [2.45, 2.75) is 26.3 Å². The number of hydrogen-bond donors (Lipinski definition) is 2. The lowest BCUT2D eigenvalue weighted by atomic mass is 10.0. The minimum Gasteiger partial charge on any atom is -0.379 e. The summed E-state index contributed by atoms with van der Waals surface area (Å²) in [5, 5.41) is 6.29. The molecule has 0 unspecified atom stereocenters. The van der Waals surface area contributed by atoms with Gasteiger partial charge in [0.1, 0.15) is 5.82 Å². The van der Waals surface area contributed by atoms with E-state index in [-0.39, 0.29) is 12.0 Å². The largest absolute Gasteiger partial charge is 0.379 e. The molecule has 1 aromatic carbocycles. The Bertz CT molecular complexity index is 1040. The van der Waals surface area contributed by atoms with Crippen molar-refractivity contribution < 1.29 is 4.74 Å². The molecule has 0 amide bonds. The van der Waals surface area contributed by atoms with Crippen molar-refractivity contribution in [1.82, 2.24) is 19.9 Å². The van der Waals surface area contributed by atoms with Crippen LogP contribution in [0.4, 0.5) is 11.8 Å². The number of nitrogen functional groups attached to an aromatic ring is 1. The van der Waals surface area contributed by atoms with Crippen LogP contribution in [0.3, 0.4) is 0 Å². The molecule has 0 aliphatic carbocycles. The van der Waals surface area contributed by atoms with Gasteiger partial charge < -0.3 is 15.8 Å². The molecular formula is C22H27ClN6O. The Hall–Kier alpha value is -2.48. The Labute approximate surface area is 181 Å². The number of ether oxygens (including phenoxy) is 1. The lowest BCUT2D eigenvalue weighted by Crippen LogP contribution is -2.37. The summed E-state index contributed by atoms with van der Waals surface area (Å²) in [5.74, 6) is 0.970. The number of pyridine rings is 1. The van der Waals surface area contributed by atoms with Gasteiger partial charge in [-0.3, -0.25) is 9.88 Å². The quantitative estimate of drug-likeness (QED) is 0.622. The lowest BCUT2D eigenvalue weighted by Gasteiger charge is -2.26. The highest BCUT2D eigenvalue weighted by Crippen LogP contribution is 2.30. The van der Waals surface area contributed by atoms with Gasteiger partial charge in [0, 0.05) is 43.2 Å². The molecule has 1 fully saturated rings. The zero-order valence-electron chi connectivity index (χ0n) is 17.4. The maximum absolute atomic E-state index is 6.56. The second-order valence-electron chi connectivity index (χ2n) is 7.66. The first kappa shape index (κ1) is 20.8. The normalized spacial score (nSPS) is 16.0. The highest BCUT2D eigenvalue weighted by Gasteiger charge is 2.17. The minimum absolute atomic E-state index is 0.0523. The third-order valence-corrected chi connectivity index (χ3v) is 5.77. The van der Waals surface area contributed by atoms with Crippen molar-refractivity contribution in [3.63, 3.8) is 0 Å².